The molecule has 1 fully saturated rings. The summed E-state index contributed by atoms with van der Waals surface area (Å²) in [7, 11) is 0. The van der Waals surface area contributed by atoms with Gasteiger partial charge in [-0.2, -0.15) is 4.99 Å². The van der Waals surface area contributed by atoms with Gasteiger partial charge < -0.3 is 0 Å². The number of rotatable bonds is 3. The highest BCUT2D eigenvalue weighted by atomic mass is 16.1. The maximum Gasteiger partial charge on any atom is 0.236 e. The lowest BCUT2D eigenvalue weighted by Crippen LogP contribution is -2.41. The first kappa shape index (κ1) is 14.4. The fraction of sp³-hybridized carbons (Fsp3) is 0.333. The van der Waals surface area contributed by atoms with E-state index in [9.17, 15) is 9.59 Å². The van der Waals surface area contributed by atoms with Crippen LogP contribution in [0.5, 0.6) is 0 Å². The molecule has 0 aliphatic heterocycles. The van der Waals surface area contributed by atoms with Crippen LogP contribution in [0.1, 0.15) is 24.8 Å². The van der Waals surface area contributed by atoms with Gasteiger partial charge in [0.1, 0.15) is 5.54 Å². The minimum Gasteiger partial charge on any atom is -0.211 e. The number of fused-ring (bicyclic) bond motifs is 1. The van der Waals surface area contributed by atoms with Crippen molar-refractivity contribution in [1.82, 2.24) is 0 Å². The summed E-state index contributed by atoms with van der Waals surface area (Å²) in [6.07, 6.45) is 11.6. The highest BCUT2D eigenvalue weighted by Crippen LogP contribution is 2.50. The Hall–Kier alpha value is -2.54. The van der Waals surface area contributed by atoms with Gasteiger partial charge >= 0.3 is 0 Å². The van der Waals surface area contributed by atoms with E-state index in [1.54, 1.807) is 12.2 Å². The van der Waals surface area contributed by atoms with Crippen molar-refractivity contribution in [3.8, 4) is 0 Å². The third kappa shape index (κ3) is 2.29. The second-order valence-corrected chi connectivity index (χ2v) is 5.65. The highest BCUT2D eigenvalue weighted by molar-refractivity contribution is 5.48. The van der Waals surface area contributed by atoms with E-state index in [0.717, 1.165) is 17.6 Å². The topological polar surface area (TPSA) is 58.9 Å². The molecule has 1 aromatic rings. The molecule has 0 saturated heterocycles. The molecule has 3 unspecified atom stereocenters. The molecular weight excluding hydrogens is 276 g/mol. The van der Waals surface area contributed by atoms with Crippen molar-refractivity contribution in [2.75, 3.05) is 0 Å². The van der Waals surface area contributed by atoms with Gasteiger partial charge in [-0.1, -0.05) is 48.6 Å². The standard InChI is InChI=1S/C18H16N2O2/c21-12-19-17-10-11-18(20-13-22,14-6-2-1-3-7-14)16-9-5-4-8-15(16)17/h1-7,9,15,17H,8,10-11H2. The summed E-state index contributed by atoms with van der Waals surface area (Å²) in [4.78, 5) is 30.0. The van der Waals surface area contributed by atoms with Gasteiger partial charge in [0.25, 0.3) is 0 Å². The Kier molecular flexibility index (Phi) is 3.97. The minimum atomic E-state index is -0.687. The molecule has 2 aliphatic rings. The van der Waals surface area contributed by atoms with E-state index in [4.69, 9.17) is 0 Å². The molecule has 0 bridgehead atoms. The number of aliphatic imine (C=N–C) groups is 2. The molecule has 0 radical (unpaired) electrons. The molecule has 2 aliphatic carbocycles. The van der Waals surface area contributed by atoms with Crippen LogP contribution in [-0.2, 0) is 15.1 Å². The minimum absolute atomic E-state index is 0.0810. The van der Waals surface area contributed by atoms with Crippen molar-refractivity contribution in [1.29, 1.82) is 0 Å². The van der Waals surface area contributed by atoms with Crippen molar-refractivity contribution in [3.05, 3.63) is 59.7 Å². The monoisotopic (exact) mass is 292 g/mol. The maximum absolute atomic E-state index is 11.1. The van der Waals surface area contributed by atoms with Crippen LogP contribution in [-0.4, -0.2) is 18.2 Å². The molecule has 1 saturated carbocycles. The second kappa shape index (κ2) is 6.07. The van der Waals surface area contributed by atoms with Crippen molar-refractivity contribution in [3.63, 3.8) is 0 Å². The molecule has 3 rings (SSSR count). The van der Waals surface area contributed by atoms with Crippen LogP contribution in [0, 0.1) is 5.92 Å². The predicted octanol–water partition coefficient (Wildman–Crippen LogP) is 3.22. The van der Waals surface area contributed by atoms with E-state index < -0.39 is 5.54 Å². The average Bonchev–Trinajstić information content (AvgIpc) is 2.58. The van der Waals surface area contributed by atoms with Crippen LogP contribution in [0.25, 0.3) is 0 Å². The summed E-state index contributed by atoms with van der Waals surface area (Å²) in [5, 5.41) is 0. The van der Waals surface area contributed by atoms with Crippen molar-refractivity contribution >= 4 is 12.2 Å². The van der Waals surface area contributed by atoms with Gasteiger partial charge in [-0.3, -0.25) is 0 Å². The number of nitrogens with zero attached hydrogens (tertiary/aromatic N) is 2. The lowest BCUT2D eigenvalue weighted by molar-refractivity contribution is 0.289. The Morgan fingerprint density at radius 3 is 2.68 bits per heavy atom. The Labute approximate surface area is 129 Å². The van der Waals surface area contributed by atoms with Gasteiger partial charge in [0.15, 0.2) is 0 Å². The van der Waals surface area contributed by atoms with Crippen LogP contribution in [0.2, 0.25) is 0 Å². The lowest BCUT2D eigenvalue weighted by atomic mass is 9.64. The number of hydrogen-bond acceptors (Lipinski definition) is 4. The first-order chi connectivity index (χ1) is 10.8. The molecule has 0 heterocycles. The molecule has 22 heavy (non-hydrogen) atoms. The van der Waals surface area contributed by atoms with Crippen LogP contribution < -0.4 is 0 Å². The van der Waals surface area contributed by atoms with Crippen LogP contribution in [0.3, 0.4) is 0 Å². The van der Waals surface area contributed by atoms with Crippen LogP contribution >= 0.6 is 0 Å². The SMILES string of the molecule is O=C=NC1CCC(N=C=O)(c2ccccc2)C2=CC=CCC21. The van der Waals surface area contributed by atoms with Gasteiger partial charge in [-0.25, -0.2) is 14.6 Å². The zero-order chi connectivity index (χ0) is 15.4. The molecule has 0 aromatic heterocycles. The summed E-state index contributed by atoms with van der Waals surface area (Å²) in [6, 6.07) is 9.72. The molecule has 0 amide bonds. The number of allylic oxidation sites excluding steroid dienone is 3. The fourth-order valence-electron chi connectivity index (χ4n) is 3.67. The molecule has 4 heteroatoms. The van der Waals surface area contributed by atoms with Gasteiger partial charge in [-0.05, 0) is 30.4 Å². The Morgan fingerprint density at radius 2 is 1.95 bits per heavy atom. The van der Waals surface area contributed by atoms with Crippen LogP contribution in [0.15, 0.2) is 64.1 Å². The average molecular weight is 292 g/mol. The second-order valence-electron chi connectivity index (χ2n) is 5.65. The van der Waals surface area contributed by atoms with E-state index in [2.05, 4.69) is 16.1 Å². The molecule has 0 N–H and O–H groups in total. The van der Waals surface area contributed by atoms with Crippen molar-refractivity contribution in [2.45, 2.75) is 30.8 Å². The zero-order valence-electron chi connectivity index (χ0n) is 12.1. The number of carbonyl (C=O) groups excluding carboxylic acids is 2. The van der Waals surface area contributed by atoms with E-state index in [-0.39, 0.29) is 12.0 Å². The van der Waals surface area contributed by atoms with Gasteiger partial charge in [-0.15, -0.1) is 0 Å². The molecule has 4 nitrogen and oxygen atoms in total. The fourth-order valence-corrected chi connectivity index (χ4v) is 3.67. The lowest BCUT2D eigenvalue weighted by Gasteiger charge is -2.43. The normalized spacial score (nSPS) is 29.5. The van der Waals surface area contributed by atoms with Crippen LogP contribution in [0.4, 0.5) is 0 Å². The van der Waals surface area contributed by atoms with Gasteiger partial charge in [0, 0.05) is 5.92 Å². The molecule has 1 aromatic carbocycles. The summed E-state index contributed by atoms with van der Waals surface area (Å²) in [5.41, 5.74) is 1.34. The van der Waals surface area contributed by atoms with E-state index in [1.165, 1.54) is 0 Å². The smallest absolute Gasteiger partial charge is 0.211 e. The third-order valence-electron chi connectivity index (χ3n) is 4.65. The third-order valence-corrected chi connectivity index (χ3v) is 4.65. The quantitative estimate of drug-likeness (QED) is 0.634. The van der Waals surface area contributed by atoms with Crippen molar-refractivity contribution < 1.29 is 9.59 Å². The maximum atomic E-state index is 11.1. The van der Waals surface area contributed by atoms with E-state index in [0.29, 0.717) is 12.8 Å². The first-order valence-electron chi connectivity index (χ1n) is 7.40. The van der Waals surface area contributed by atoms with Gasteiger partial charge in [0.05, 0.1) is 6.04 Å². The molecular formula is C18H16N2O2. The highest BCUT2D eigenvalue weighted by Gasteiger charge is 2.46. The van der Waals surface area contributed by atoms with E-state index in [1.807, 2.05) is 42.5 Å². The Morgan fingerprint density at radius 1 is 1.14 bits per heavy atom. The first-order valence-corrected chi connectivity index (χ1v) is 7.40. The predicted molar refractivity (Wildman–Crippen MR) is 82.7 cm³/mol. The number of hydrogen-bond donors (Lipinski definition) is 0. The molecule has 3 atom stereocenters. The summed E-state index contributed by atoms with van der Waals surface area (Å²) >= 11 is 0. The molecule has 110 valence electrons. The van der Waals surface area contributed by atoms with E-state index >= 15 is 0 Å². The van der Waals surface area contributed by atoms with Crippen molar-refractivity contribution in [2.24, 2.45) is 15.9 Å². The number of isocyanates is 2. The summed E-state index contributed by atoms with van der Waals surface area (Å²) in [5.74, 6) is 0.0810. The Balaban J connectivity index is 2.15. The molecule has 0 spiro atoms. The Bertz CT molecular complexity index is 710. The summed E-state index contributed by atoms with van der Waals surface area (Å²) in [6.45, 7) is 0. The van der Waals surface area contributed by atoms with Gasteiger partial charge in [0.2, 0.25) is 12.2 Å². The zero-order valence-corrected chi connectivity index (χ0v) is 12.1. The summed E-state index contributed by atoms with van der Waals surface area (Å²) < 4.78 is 0. The largest absolute Gasteiger partial charge is 0.236 e. The number of benzene rings is 1.